The topological polar surface area (TPSA) is 79.2 Å². The minimum atomic E-state index is -0.970. The van der Waals surface area contributed by atoms with Gasteiger partial charge in [-0.25, -0.2) is 0 Å². The van der Waals surface area contributed by atoms with Crippen molar-refractivity contribution in [2.24, 2.45) is 0 Å². The van der Waals surface area contributed by atoms with Crippen LogP contribution in [0, 0.1) is 0 Å². The molecule has 0 aromatic rings. The fourth-order valence-corrected chi connectivity index (χ4v) is 3.74. The Hall–Kier alpha value is -0.460. The fraction of sp³-hybridized carbons (Fsp3) is 0.913. The number of aliphatic hydroxyl groups excluding tert-OH is 3. The summed E-state index contributed by atoms with van der Waals surface area (Å²) in [7, 11) is 0. The molecular weight excluding hydrogens is 356 g/mol. The van der Waals surface area contributed by atoms with Gasteiger partial charge in [0, 0.05) is 6.61 Å². The largest absolute Gasteiger partial charge is 0.394 e. The lowest BCUT2D eigenvalue weighted by Gasteiger charge is -2.37. The molecule has 0 aromatic heterocycles. The van der Waals surface area contributed by atoms with Gasteiger partial charge in [0.15, 0.2) is 0 Å². The first-order valence-electron chi connectivity index (χ1n) is 11.5. The van der Waals surface area contributed by atoms with Gasteiger partial charge in [-0.3, -0.25) is 0 Å². The smallest absolute Gasteiger partial charge is 0.114 e. The number of aliphatic hydroxyl groups is 3. The summed E-state index contributed by atoms with van der Waals surface area (Å²) in [5, 5.41) is 29.1. The summed E-state index contributed by atoms with van der Waals surface area (Å²) in [6, 6.07) is 0. The van der Waals surface area contributed by atoms with Crippen LogP contribution in [0.1, 0.15) is 90.4 Å². The van der Waals surface area contributed by atoms with Gasteiger partial charge in [-0.2, -0.15) is 0 Å². The lowest BCUT2D eigenvalue weighted by Crippen LogP contribution is -2.55. The number of ether oxygens (including phenoxy) is 2. The molecule has 0 aliphatic carbocycles. The molecule has 1 fully saturated rings. The van der Waals surface area contributed by atoms with Crippen LogP contribution in [0.4, 0.5) is 0 Å². The Bertz CT molecular complexity index is 374. The van der Waals surface area contributed by atoms with Crippen molar-refractivity contribution in [3.63, 3.8) is 0 Å². The highest BCUT2D eigenvalue weighted by Crippen LogP contribution is 2.19. The van der Waals surface area contributed by atoms with Gasteiger partial charge in [0.25, 0.3) is 0 Å². The van der Waals surface area contributed by atoms with Gasteiger partial charge in [0.1, 0.15) is 24.4 Å². The van der Waals surface area contributed by atoms with Crippen LogP contribution in [0.5, 0.6) is 0 Å². The van der Waals surface area contributed by atoms with Gasteiger partial charge in [-0.15, -0.1) is 0 Å². The summed E-state index contributed by atoms with van der Waals surface area (Å²) >= 11 is 0. The summed E-state index contributed by atoms with van der Waals surface area (Å²) in [6.45, 7) is 2.46. The van der Waals surface area contributed by atoms with Crippen molar-refractivity contribution in [3.8, 4) is 0 Å². The van der Waals surface area contributed by atoms with Crippen LogP contribution in [0.25, 0.3) is 0 Å². The molecule has 5 nitrogen and oxygen atoms in total. The van der Waals surface area contributed by atoms with E-state index in [0.29, 0.717) is 6.61 Å². The monoisotopic (exact) mass is 400 g/mol. The summed E-state index contributed by atoms with van der Waals surface area (Å²) in [5.74, 6) is 0. The minimum Gasteiger partial charge on any atom is -0.394 e. The molecule has 5 heteroatoms. The number of unbranched alkanes of at least 4 members (excludes halogenated alkanes) is 12. The van der Waals surface area contributed by atoms with Gasteiger partial charge >= 0.3 is 0 Å². The molecule has 1 rings (SSSR count). The molecule has 4 atom stereocenters. The zero-order valence-electron chi connectivity index (χ0n) is 17.9. The van der Waals surface area contributed by atoms with Crippen molar-refractivity contribution in [2.75, 3.05) is 19.8 Å². The molecule has 3 N–H and O–H groups in total. The number of hydrogen-bond donors (Lipinski definition) is 3. The normalized spacial score (nSPS) is 25.6. The zero-order chi connectivity index (χ0) is 20.5. The third-order valence-corrected chi connectivity index (χ3v) is 5.57. The minimum absolute atomic E-state index is 0.100. The third kappa shape index (κ3) is 11.5. The highest BCUT2D eigenvalue weighted by atomic mass is 16.6. The summed E-state index contributed by atoms with van der Waals surface area (Å²) < 4.78 is 10.8. The van der Waals surface area contributed by atoms with Gasteiger partial charge < -0.3 is 24.8 Å². The van der Waals surface area contributed by atoms with Crippen molar-refractivity contribution in [1.29, 1.82) is 0 Å². The van der Waals surface area contributed by atoms with E-state index in [4.69, 9.17) is 14.6 Å². The second-order valence-corrected chi connectivity index (χ2v) is 8.05. The van der Waals surface area contributed by atoms with E-state index in [1.807, 2.05) is 0 Å². The highest BCUT2D eigenvalue weighted by molar-refractivity contribution is 4.87. The Kier molecular flexibility index (Phi) is 15.9. The highest BCUT2D eigenvalue weighted by Gasteiger charge is 2.38. The molecule has 1 heterocycles. The Balaban J connectivity index is 1.85. The lowest BCUT2D eigenvalue weighted by molar-refractivity contribution is -0.210. The molecule has 0 unspecified atom stereocenters. The van der Waals surface area contributed by atoms with Crippen molar-refractivity contribution in [3.05, 3.63) is 12.2 Å². The number of allylic oxidation sites excluding steroid dienone is 2. The molecular formula is C23H44O5. The number of hydrogen-bond acceptors (Lipinski definition) is 5. The van der Waals surface area contributed by atoms with Gasteiger partial charge in [0.2, 0.25) is 0 Å². The van der Waals surface area contributed by atoms with Crippen LogP contribution in [0.15, 0.2) is 12.2 Å². The summed E-state index contributed by atoms with van der Waals surface area (Å²) in [4.78, 5) is 0. The molecule has 1 saturated heterocycles. The predicted octanol–water partition coefficient (Wildman–Crippen LogP) is 4.13. The molecule has 0 radical (unpaired) electrons. The van der Waals surface area contributed by atoms with Gasteiger partial charge in [0.05, 0.1) is 13.2 Å². The van der Waals surface area contributed by atoms with Crippen molar-refractivity contribution in [2.45, 2.75) is 115 Å². The Morgan fingerprint density at radius 3 is 1.93 bits per heavy atom. The average molecular weight is 401 g/mol. The summed E-state index contributed by atoms with van der Waals surface area (Å²) in [5.41, 5.74) is 0. The fourth-order valence-electron chi connectivity index (χ4n) is 3.74. The Morgan fingerprint density at radius 2 is 1.39 bits per heavy atom. The Labute approximate surface area is 172 Å². The van der Waals surface area contributed by atoms with Crippen LogP contribution >= 0.6 is 0 Å². The third-order valence-electron chi connectivity index (χ3n) is 5.57. The molecule has 1 aliphatic rings. The molecule has 166 valence electrons. The molecule has 0 amide bonds. The van der Waals surface area contributed by atoms with E-state index in [-0.39, 0.29) is 13.2 Å². The van der Waals surface area contributed by atoms with E-state index < -0.39 is 24.4 Å². The number of rotatable bonds is 17. The quantitative estimate of drug-likeness (QED) is 0.253. The van der Waals surface area contributed by atoms with E-state index in [1.54, 1.807) is 0 Å². The van der Waals surface area contributed by atoms with Crippen LogP contribution in [0.3, 0.4) is 0 Å². The van der Waals surface area contributed by atoms with Gasteiger partial charge in [-0.1, -0.05) is 76.4 Å². The van der Waals surface area contributed by atoms with E-state index in [2.05, 4.69) is 19.1 Å². The SMILES string of the molecule is C/C=C/CCCCCCCCCCCCCCO[C@H]1[C@H](O)[C@@H](CO)OC[C@@H]1O. The predicted molar refractivity (Wildman–Crippen MR) is 113 cm³/mol. The first-order chi connectivity index (χ1) is 13.7. The van der Waals surface area contributed by atoms with E-state index in [9.17, 15) is 10.2 Å². The van der Waals surface area contributed by atoms with Crippen molar-refractivity contribution < 1.29 is 24.8 Å². The first-order valence-corrected chi connectivity index (χ1v) is 11.5. The second kappa shape index (κ2) is 17.4. The maximum absolute atomic E-state index is 10.1. The van der Waals surface area contributed by atoms with Crippen molar-refractivity contribution in [1.82, 2.24) is 0 Å². The molecule has 0 spiro atoms. The molecule has 0 bridgehead atoms. The van der Waals surface area contributed by atoms with Gasteiger partial charge in [-0.05, 0) is 26.2 Å². The van der Waals surface area contributed by atoms with Crippen LogP contribution in [-0.4, -0.2) is 59.6 Å². The zero-order valence-corrected chi connectivity index (χ0v) is 17.9. The summed E-state index contributed by atoms with van der Waals surface area (Å²) in [6.07, 6.45) is 17.9. The molecule has 1 aliphatic heterocycles. The maximum atomic E-state index is 10.1. The molecule has 28 heavy (non-hydrogen) atoms. The van der Waals surface area contributed by atoms with Crippen molar-refractivity contribution >= 4 is 0 Å². The Morgan fingerprint density at radius 1 is 0.857 bits per heavy atom. The standard InChI is InChI=1S/C23H44O5/c1-2-3-4-5-6-7-8-9-10-11-12-13-14-15-16-17-27-23-20(25)19-28-21(18-24)22(23)26/h2-3,20-26H,4-19H2,1H3/b3-2+/t20-,21+,22+,23+/m0/s1. The van der Waals surface area contributed by atoms with E-state index in [0.717, 1.165) is 12.8 Å². The van der Waals surface area contributed by atoms with E-state index >= 15 is 0 Å². The maximum Gasteiger partial charge on any atom is 0.114 e. The van der Waals surface area contributed by atoms with Crippen LogP contribution in [0.2, 0.25) is 0 Å². The van der Waals surface area contributed by atoms with E-state index in [1.165, 1.54) is 70.6 Å². The molecule has 0 aromatic carbocycles. The van der Waals surface area contributed by atoms with Crippen LogP contribution < -0.4 is 0 Å². The average Bonchev–Trinajstić information content (AvgIpc) is 2.70. The second-order valence-electron chi connectivity index (χ2n) is 8.05. The first kappa shape index (κ1) is 25.6. The lowest BCUT2D eigenvalue weighted by atomic mass is 10.0. The molecule has 0 saturated carbocycles. The van der Waals surface area contributed by atoms with Crippen LogP contribution in [-0.2, 0) is 9.47 Å².